The van der Waals surface area contributed by atoms with E-state index in [0.29, 0.717) is 6.04 Å². The van der Waals surface area contributed by atoms with E-state index in [0.717, 1.165) is 31.5 Å². The molecule has 0 fully saturated rings. The summed E-state index contributed by atoms with van der Waals surface area (Å²) in [5, 5.41) is 6.60. The van der Waals surface area contributed by atoms with Gasteiger partial charge in [0, 0.05) is 25.2 Å². The van der Waals surface area contributed by atoms with Crippen molar-refractivity contribution in [2.45, 2.75) is 38.8 Å². The molecule has 1 amide bonds. The molecule has 0 saturated carbocycles. The van der Waals surface area contributed by atoms with Crippen molar-refractivity contribution in [2.75, 3.05) is 5.32 Å². The second-order valence-electron chi connectivity index (χ2n) is 5.93. The Morgan fingerprint density at radius 3 is 2.73 bits per heavy atom. The van der Waals surface area contributed by atoms with Gasteiger partial charge in [-0.3, -0.25) is 4.79 Å². The van der Waals surface area contributed by atoms with Gasteiger partial charge in [-0.05, 0) is 42.0 Å². The molecule has 1 aliphatic rings. The molecule has 2 aromatic carbocycles. The quantitative estimate of drug-likeness (QED) is 0.908. The number of amides is 1. The van der Waals surface area contributed by atoms with Crippen LogP contribution in [0.25, 0.3) is 0 Å². The van der Waals surface area contributed by atoms with Gasteiger partial charge in [0.1, 0.15) is 0 Å². The molecule has 3 heteroatoms. The lowest BCUT2D eigenvalue weighted by molar-refractivity contribution is -0.114. The summed E-state index contributed by atoms with van der Waals surface area (Å²) in [4.78, 5) is 11.3. The third-order valence-electron chi connectivity index (χ3n) is 4.23. The number of carbonyl (C=O) groups is 1. The molecule has 22 heavy (non-hydrogen) atoms. The molecule has 1 aliphatic carbocycles. The molecule has 1 atom stereocenters. The van der Waals surface area contributed by atoms with Gasteiger partial charge in [-0.1, -0.05) is 42.5 Å². The Kier molecular flexibility index (Phi) is 4.54. The molecule has 3 rings (SSSR count). The topological polar surface area (TPSA) is 41.1 Å². The van der Waals surface area contributed by atoms with Gasteiger partial charge < -0.3 is 10.6 Å². The van der Waals surface area contributed by atoms with Gasteiger partial charge in [0.05, 0.1) is 0 Å². The zero-order valence-electron chi connectivity index (χ0n) is 12.9. The van der Waals surface area contributed by atoms with E-state index >= 15 is 0 Å². The third kappa shape index (κ3) is 3.55. The summed E-state index contributed by atoms with van der Waals surface area (Å²) < 4.78 is 0. The van der Waals surface area contributed by atoms with Crippen LogP contribution in [0.3, 0.4) is 0 Å². The maximum absolute atomic E-state index is 11.3. The summed E-state index contributed by atoms with van der Waals surface area (Å²) in [5.41, 5.74) is 4.95. The Morgan fingerprint density at radius 2 is 1.95 bits per heavy atom. The van der Waals surface area contributed by atoms with E-state index in [1.165, 1.54) is 16.7 Å². The molecule has 0 saturated heterocycles. The minimum absolute atomic E-state index is 0.00211. The predicted molar refractivity (Wildman–Crippen MR) is 89.8 cm³/mol. The van der Waals surface area contributed by atoms with Gasteiger partial charge in [0.25, 0.3) is 0 Å². The monoisotopic (exact) mass is 294 g/mol. The molecule has 0 bridgehead atoms. The van der Waals surface area contributed by atoms with E-state index in [-0.39, 0.29) is 5.91 Å². The normalized spacial score (nSPS) is 16.9. The Hall–Kier alpha value is -2.13. The van der Waals surface area contributed by atoms with Crippen LogP contribution in [0.1, 0.15) is 30.0 Å². The van der Waals surface area contributed by atoms with Crippen molar-refractivity contribution in [3.8, 4) is 0 Å². The second kappa shape index (κ2) is 6.75. The average molecular weight is 294 g/mol. The largest absolute Gasteiger partial charge is 0.326 e. The lowest BCUT2D eigenvalue weighted by Crippen LogP contribution is -2.34. The predicted octanol–water partition coefficient (Wildman–Crippen LogP) is 3.29. The number of nitrogens with one attached hydrogen (secondary N) is 2. The summed E-state index contributed by atoms with van der Waals surface area (Å²) in [7, 11) is 0. The van der Waals surface area contributed by atoms with Gasteiger partial charge in [0.15, 0.2) is 0 Å². The maximum Gasteiger partial charge on any atom is 0.221 e. The molecule has 1 unspecified atom stereocenters. The number of rotatable bonds is 4. The molecule has 0 heterocycles. The first-order valence-corrected chi connectivity index (χ1v) is 7.88. The van der Waals surface area contributed by atoms with E-state index in [9.17, 15) is 4.79 Å². The fourth-order valence-electron chi connectivity index (χ4n) is 3.15. The number of anilines is 1. The van der Waals surface area contributed by atoms with E-state index < -0.39 is 0 Å². The fourth-order valence-corrected chi connectivity index (χ4v) is 3.15. The average Bonchev–Trinajstić information content (AvgIpc) is 2.53. The number of hydrogen-bond donors (Lipinski definition) is 2. The van der Waals surface area contributed by atoms with E-state index in [4.69, 9.17) is 0 Å². The van der Waals surface area contributed by atoms with E-state index in [1.54, 1.807) is 6.92 Å². The first-order valence-electron chi connectivity index (χ1n) is 7.88. The molecule has 2 N–H and O–H groups in total. The van der Waals surface area contributed by atoms with Gasteiger partial charge in [-0.25, -0.2) is 0 Å². The van der Waals surface area contributed by atoms with Crippen LogP contribution in [0, 0.1) is 0 Å². The summed E-state index contributed by atoms with van der Waals surface area (Å²) >= 11 is 0. The molecule has 114 valence electrons. The van der Waals surface area contributed by atoms with E-state index in [2.05, 4.69) is 41.0 Å². The lowest BCUT2D eigenvalue weighted by atomic mass is 9.87. The highest BCUT2D eigenvalue weighted by atomic mass is 16.1. The number of benzene rings is 2. The summed E-state index contributed by atoms with van der Waals surface area (Å²) in [5.74, 6) is -0.00211. The first-order chi connectivity index (χ1) is 10.7. The van der Waals surface area contributed by atoms with Crippen LogP contribution in [-0.2, 0) is 24.2 Å². The fraction of sp³-hybridized carbons (Fsp3) is 0.316. The SMILES string of the molecule is CC(=O)Nc1cccc2c1CCC(NCc1ccccc1)C2. The van der Waals surface area contributed by atoms with Crippen LogP contribution in [0.4, 0.5) is 5.69 Å². The maximum atomic E-state index is 11.3. The van der Waals surface area contributed by atoms with Crippen molar-refractivity contribution in [3.63, 3.8) is 0 Å². The highest BCUT2D eigenvalue weighted by molar-refractivity contribution is 5.89. The standard InChI is InChI=1S/C19H22N2O/c1-14(22)21-19-9-5-8-16-12-17(10-11-18(16)19)20-13-15-6-3-2-4-7-15/h2-9,17,20H,10-13H2,1H3,(H,21,22). The minimum atomic E-state index is -0.00211. The molecule has 0 spiro atoms. The molecule has 3 nitrogen and oxygen atoms in total. The summed E-state index contributed by atoms with van der Waals surface area (Å²) in [6, 6.07) is 17.2. The summed E-state index contributed by atoms with van der Waals surface area (Å²) in [6.07, 6.45) is 3.14. The molecular formula is C19H22N2O. The second-order valence-corrected chi connectivity index (χ2v) is 5.93. The smallest absolute Gasteiger partial charge is 0.221 e. The molecule has 0 aromatic heterocycles. The van der Waals surface area contributed by atoms with Crippen LogP contribution < -0.4 is 10.6 Å². The van der Waals surface area contributed by atoms with Gasteiger partial charge in [-0.2, -0.15) is 0 Å². The van der Waals surface area contributed by atoms with Crippen molar-refractivity contribution >= 4 is 11.6 Å². The molecule has 0 radical (unpaired) electrons. The van der Waals surface area contributed by atoms with Crippen molar-refractivity contribution in [1.82, 2.24) is 5.32 Å². The van der Waals surface area contributed by atoms with Gasteiger partial charge in [-0.15, -0.1) is 0 Å². The lowest BCUT2D eigenvalue weighted by Gasteiger charge is -2.27. The van der Waals surface area contributed by atoms with Crippen LogP contribution in [0.15, 0.2) is 48.5 Å². The van der Waals surface area contributed by atoms with Crippen molar-refractivity contribution in [3.05, 3.63) is 65.2 Å². The highest BCUT2D eigenvalue weighted by Gasteiger charge is 2.20. The zero-order valence-corrected chi connectivity index (χ0v) is 12.9. The Morgan fingerprint density at radius 1 is 1.14 bits per heavy atom. The Labute approximate surface area is 131 Å². The van der Waals surface area contributed by atoms with Gasteiger partial charge in [0.2, 0.25) is 5.91 Å². The Balaban J connectivity index is 1.65. The van der Waals surface area contributed by atoms with Crippen molar-refractivity contribution < 1.29 is 4.79 Å². The zero-order chi connectivity index (χ0) is 15.4. The number of hydrogen-bond acceptors (Lipinski definition) is 2. The summed E-state index contributed by atoms with van der Waals surface area (Å²) in [6.45, 7) is 2.47. The molecule has 2 aromatic rings. The van der Waals surface area contributed by atoms with Gasteiger partial charge >= 0.3 is 0 Å². The number of carbonyl (C=O) groups excluding carboxylic acids is 1. The van der Waals surface area contributed by atoms with Crippen LogP contribution >= 0.6 is 0 Å². The van der Waals surface area contributed by atoms with Crippen molar-refractivity contribution in [2.24, 2.45) is 0 Å². The molecule has 0 aliphatic heterocycles. The highest BCUT2D eigenvalue weighted by Crippen LogP contribution is 2.28. The van der Waals surface area contributed by atoms with Crippen LogP contribution in [-0.4, -0.2) is 11.9 Å². The third-order valence-corrected chi connectivity index (χ3v) is 4.23. The first kappa shape index (κ1) is 14.8. The van der Waals surface area contributed by atoms with Crippen molar-refractivity contribution in [1.29, 1.82) is 0 Å². The number of fused-ring (bicyclic) bond motifs is 1. The molecular weight excluding hydrogens is 272 g/mol. The minimum Gasteiger partial charge on any atom is -0.326 e. The Bertz CT molecular complexity index is 652. The van der Waals surface area contributed by atoms with Crippen LogP contribution in [0.2, 0.25) is 0 Å². The van der Waals surface area contributed by atoms with E-state index in [1.807, 2.05) is 18.2 Å². The van der Waals surface area contributed by atoms with Crippen LogP contribution in [0.5, 0.6) is 0 Å².